The van der Waals surface area contributed by atoms with Gasteiger partial charge in [0.15, 0.2) is 5.82 Å². The van der Waals surface area contributed by atoms with Gasteiger partial charge in [-0.2, -0.15) is 0 Å². The smallest absolute Gasteiger partial charge is 0.329 e. The molecule has 0 saturated heterocycles. The lowest BCUT2D eigenvalue weighted by atomic mass is 9.97. The third-order valence-electron chi connectivity index (χ3n) is 5.00. The highest BCUT2D eigenvalue weighted by Gasteiger charge is 2.23. The molecule has 0 aliphatic heterocycles. The summed E-state index contributed by atoms with van der Waals surface area (Å²) in [5.41, 5.74) is 2.11. The number of carboxylic acids is 1. The van der Waals surface area contributed by atoms with Crippen LogP contribution in [0.25, 0.3) is 10.2 Å². The summed E-state index contributed by atoms with van der Waals surface area (Å²) >= 11 is 1.67. The molecular weight excluding hydrogens is 393 g/mol. The van der Waals surface area contributed by atoms with E-state index in [4.69, 9.17) is 9.84 Å². The molecule has 2 N–H and O–H groups in total. The monoisotopic (exact) mass is 415 g/mol. The molecule has 6 nitrogen and oxygen atoms in total. The van der Waals surface area contributed by atoms with Crippen molar-refractivity contribution < 1.29 is 19.0 Å². The molecule has 152 valence electrons. The summed E-state index contributed by atoms with van der Waals surface area (Å²) in [4.78, 5) is 22.4. The summed E-state index contributed by atoms with van der Waals surface area (Å²) in [5, 5.41) is 13.2. The van der Waals surface area contributed by atoms with Crippen LogP contribution in [0.5, 0.6) is 0 Å². The number of halogens is 1. The Bertz CT molecular complexity index is 1050. The molecule has 1 aromatic carbocycles. The van der Waals surface area contributed by atoms with Crippen LogP contribution in [-0.2, 0) is 28.9 Å². The van der Waals surface area contributed by atoms with Crippen molar-refractivity contribution in [1.82, 2.24) is 9.97 Å². The molecule has 1 unspecified atom stereocenters. The summed E-state index contributed by atoms with van der Waals surface area (Å²) in [6, 6.07) is 6.45. The Hall–Kier alpha value is -2.58. The molecule has 1 atom stereocenters. The normalized spacial score (nSPS) is 14.6. The second-order valence-electron chi connectivity index (χ2n) is 7.15. The first-order valence-corrected chi connectivity index (χ1v) is 10.5. The molecule has 29 heavy (non-hydrogen) atoms. The van der Waals surface area contributed by atoms with Gasteiger partial charge in [-0.15, -0.1) is 11.3 Å². The van der Waals surface area contributed by atoms with Crippen LogP contribution in [0.1, 0.15) is 47.7 Å². The van der Waals surface area contributed by atoms with Gasteiger partial charge >= 0.3 is 5.97 Å². The minimum Gasteiger partial charge on any atom is -0.480 e. The van der Waals surface area contributed by atoms with Crippen molar-refractivity contribution in [3.05, 3.63) is 51.9 Å². The second-order valence-corrected chi connectivity index (χ2v) is 8.24. The highest BCUT2D eigenvalue weighted by atomic mass is 32.1. The second kappa shape index (κ2) is 8.42. The van der Waals surface area contributed by atoms with Gasteiger partial charge in [0, 0.05) is 11.4 Å². The average molecular weight is 415 g/mol. The van der Waals surface area contributed by atoms with Crippen LogP contribution in [-0.4, -0.2) is 27.7 Å². The molecule has 1 aliphatic carbocycles. The van der Waals surface area contributed by atoms with Gasteiger partial charge in [-0.1, -0.05) is 12.1 Å². The predicted octanol–water partition coefficient (Wildman–Crippen LogP) is 4.48. The lowest BCUT2D eigenvalue weighted by Gasteiger charge is -2.15. The van der Waals surface area contributed by atoms with Gasteiger partial charge < -0.3 is 15.2 Å². The number of carbonyl (C=O) groups is 1. The first-order valence-electron chi connectivity index (χ1n) is 9.65. The van der Waals surface area contributed by atoms with Gasteiger partial charge in [0.05, 0.1) is 5.39 Å². The van der Waals surface area contributed by atoms with Crippen molar-refractivity contribution in [2.45, 2.75) is 45.3 Å². The van der Waals surface area contributed by atoms with Crippen LogP contribution in [0.4, 0.5) is 10.2 Å². The number of carboxylic acid groups (broad SMARTS) is 1. The molecule has 4 rings (SSSR count). The Morgan fingerprint density at radius 2 is 2.17 bits per heavy atom. The summed E-state index contributed by atoms with van der Waals surface area (Å²) < 4.78 is 18.9. The number of hydrogen-bond acceptors (Lipinski definition) is 6. The number of aliphatic carboxylic acids is 1. The van der Waals surface area contributed by atoms with Crippen LogP contribution >= 0.6 is 11.3 Å². The number of benzene rings is 1. The van der Waals surface area contributed by atoms with Crippen LogP contribution < -0.4 is 5.32 Å². The summed E-state index contributed by atoms with van der Waals surface area (Å²) in [5.74, 6) is -0.172. The fourth-order valence-electron chi connectivity index (χ4n) is 3.59. The topological polar surface area (TPSA) is 84.3 Å². The molecule has 0 saturated carbocycles. The first-order chi connectivity index (χ1) is 14.0. The lowest BCUT2D eigenvalue weighted by Crippen LogP contribution is -2.13. The predicted molar refractivity (Wildman–Crippen MR) is 110 cm³/mol. The van der Waals surface area contributed by atoms with Gasteiger partial charge in [-0.3, -0.25) is 0 Å². The van der Waals surface area contributed by atoms with E-state index < -0.39 is 18.7 Å². The Labute approximate surface area is 171 Å². The van der Waals surface area contributed by atoms with Gasteiger partial charge in [-0.25, -0.2) is 19.2 Å². The molecular formula is C21H22FN3O3S. The first kappa shape index (κ1) is 19.7. The zero-order valence-corrected chi connectivity index (χ0v) is 16.9. The van der Waals surface area contributed by atoms with Gasteiger partial charge in [0.25, 0.3) is 0 Å². The van der Waals surface area contributed by atoms with Crippen LogP contribution in [0.3, 0.4) is 0 Å². The fourth-order valence-corrected chi connectivity index (χ4v) is 4.86. The van der Waals surface area contributed by atoms with Gasteiger partial charge in [-0.05, 0) is 55.9 Å². The summed E-state index contributed by atoms with van der Waals surface area (Å²) in [6.07, 6.45) is 3.80. The number of nitrogens with one attached hydrogen (secondary N) is 1. The number of thiophene rings is 1. The Morgan fingerprint density at radius 1 is 1.34 bits per heavy atom. The SMILES string of the molecule is CC(OCC(=O)O)c1nc(NCc2cccc(F)c2)c2c3c(sc2n1)CCCC3. The van der Waals surface area contributed by atoms with E-state index >= 15 is 0 Å². The van der Waals surface area contributed by atoms with Crippen molar-refractivity contribution in [3.8, 4) is 0 Å². The highest BCUT2D eigenvalue weighted by molar-refractivity contribution is 7.19. The van der Waals surface area contributed by atoms with E-state index in [1.807, 2.05) is 6.07 Å². The van der Waals surface area contributed by atoms with Crippen LogP contribution in [0.2, 0.25) is 0 Å². The molecule has 0 bridgehead atoms. The van der Waals surface area contributed by atoms with Gasteiger partial charge in [0.2, 0.25) is 0 Å². The maximum absolute atomic E-state index is 13.5. The molecule has 0 radical (unpaired) electrons. The largest absolute Gasteiger partial charge is 0.480 e. The molecule has 0 amide bonds. The van der Waals surface area contributed by atoms with Crippen molar-refractivity contribution >= 4 is 33.3 Å². The van der Waals surface area contributed by atoms with Crippen molar-refractivity contribution in [3.63, 3.8) is 0 Å². The summed E-state index contributed by atoms with van der Waals surface area (Å²) in [7, 11) is 0. The maximum Gasteiger partial charge on any atom is 0.329 e. The van der Waals surface area contributed by atoms with Crippen LogP contribution in [0.15, 0.2) is 24.3 Å². The third-order valence-corrected chi connectivity index (χ3v) is 6.19. The minimum atomic E-state index is -1.03. The van der Waals surface area contributed by atoms with Crippen molar-refractivity contribution in [2.24, 2.45) is 0 Å². The van der Waals surface area contributed by atoms with Crippen molar-refractivity contribution in [2.75, 3.05) is 11.9 Å². The minimum absolute atomic E-state index is 0.276. The Balaban J connectivity index is 1.70. The number of nitrogens with zero attached hydrogens (tertiary/aromatic N) is 2. The van der Waals surface area contributed by atoms with E-state index in [1.165, 1.54) is 29.0 Å². The fraction of sp³-hybridized carbons (Fsp3) is 0.381. The Morgan fingerprint density at radius 3 is 2.97 bits per heavy atom. The van der Waals surface area contributed by atoms with E-state index in [2.05, 4.69) is 15.3 Å². The van der Waals surface area contributed by atoms with E-state index in [1.54, 1.807) is 24.3 Å². The molecule has 2 heterocycles. The number of hydrogen-bond donors (Lipinski definition) is 2. The molecule has 0 fully saturated rings. The molecule has 2 aromatic heterocycles. The number of fused-ring (bicyclic) bond motifs is 3. The molecule has 3 aromatic rings. The number of aromatic nitrogens is 2. The molecule has 8 heteroatoms. The third kappa shape index (κ3) is 4.38. The van der Waals surface area contributed by atoms with E-state index in [0.29, 0.717) is 18.2 Å². The number of rotatable bonds is 7. The van der Waals surface area contributed by atoms with Gasteiger partial charge in [0.1, 0.15) is 29.2 Å². The molecule has 1 aliphatic rings. The Kier molecular flexibility index (Phi) is 5.73. The van der Waals surface area contributed by atoms with E-state index in [0.717, 1.165) is 35.0 Å². The standard InChI is InChI=1S/C21H22FN3O3S/c1-12(28-11-17(26)27)19-24-20(23-10-13-5-4-6-14(22)9-13)18-15-7-2-3-8-16(15)29-21(18)25-19/h4-6,9,12H,2-3,7-8,10-11H2,1H3,(H,26,27)(H,23,24,25). The zero-order chi connectivity index (χ0) is 20.4. The molecule has 0 spiro atoms. The maximum atomic E-state index is 13.5. The van der Waals surface area contributed by atoms with Crippen molar-refractivity contribution in [1.29, 1.82) is 0 Å². The number of aryl methyl sites for hydroxylation is 2. The zero-order valence-electron chi connectivity index (χ0n) is 16.1. The quantitative estimate of drug-likeness (QED) is 0.592. The van der Waals surface area contributed by atoms with Crippen LogP contribution in [0, 0.1) is 5.82 Å². The lowest BCUT2D eigenvalue weighted by molar-refractivity contribution is -0.144. The highest BCUT2D eigenvalue weighted by Crippen LogP contribution is 2.39. The summed E-state index contributed by atoms with van der Waals surface area (Å²) in [6.45, 7) is 1.77. The van der Waals surface area contributed by atoms with E-state index in [9.17, 15) is 9.18 Å². The number of ether oxygens (including phenoxy) is 1. The van der Waals surface area contributed by atoms with E-state index in [-0.39, 0.29) is 5.82 Å². The number of anilines is 1. The average Bonchev–Trinajstić information content (AvgIpc) is 3.08.